The van der Waals surface area contributed by atoms with Gasteiger partial charge in [0.15, 0.2) is 0 Å². The Hall–Kier alpha value is -2.96. The summed E-state index contributed by atoms with van der Waals surface area (Å²) in [5, 5.41) is 0. The van der Waals surface area contributed by atoms with Crippen LogP contribution in [-0.4, -0.2) is 43.6 Å². The normalized spacial score (nSPS) is 16.9. The van der Waals surface area contributed by atoms with Gasteiger partial charge in [-0.1, -0.05) is 24.3 Å². The molecule has 0 N–H and O–H groups in total. The molecule has 4 rings (SSSR count). The summed E-state index contributed by atoms with van der Waals surface area (Å²) in [6.45, 7) is 2.10. The molecule has 0 aromatic heterocycles. The van der Waals surface area contributed by atoms with Crippen molar-refractivity contribution in [3.63, 3.8) is 0 Å². The van der Waals surface area contributed by atoms with Gasteiger partial charge in [0.25, 0.3) is 5.91 Å². The van der Waals surface area contributed by atoms with Crippen LogP contribution in [0, 0.1) is 0 Å². The van der Waals surface area contributed by atoms with Crippen molar-refractivity contribution in [2.75, 3.05) is 37.7 Å². The fraction of sp³-hybridized carbons (Fsp3) is 0.286. The van der Waals surface area contributed by atoms with E-state index in [0.29, 0.717) is 37.4 Å². The molecule has 0 radical (unpaired) electrons. The number of anilines is 1. The number of nitrogens with zero attached hydrogens (tertiary/aromatic N) is 2. The number of amides is 1. The monoisotopic (exact) mass is 388 g/mol. The third-order valence-electron chi connectivity index (χ3n) is 5.01. The largest absolute Gasteiger partial charge is 0.488 e. The van der Waals surface area contributed by atoms with Crippen LogP contribution < -0.4 is 9.64 Å². The van der Waals surface area contributed by atoms with Crippen molar-refractivity contribution in [1.82, 2.24) is 4.90 Å². The lowest BCUT2D eigenvalue weighted by molar-refractivity contribution is -0.137. The lowest BCUT2D eigenvalue weighted by Crippen LogP contribution is -2.49. The molecule has 2 heterocycles. The number of rotatable bonds is 2. The van der Waals surface area contributed by atoms with Crippen molar-refractivity contribution in [2.24, 2.45) is 0 Å². The summed E-state index contributed by atoms with van der Waals surface area (Å²) in [5.74, 6) is 0.673. The topological polar surface area (TPSA) is 32.8 Å². The number of hydrogen-bond donors (Lipinski definition) is 0. The van der Waals surface area contributed by atoms with Gasteiger partial charge < -0.3 is 14.5 Å². The zero-order valence-corrected chi connectivity index (χ0v) is 15.1. The van der Waals surface area contributed by atoms with Gasteiger partial charge in [-0.15, -0.1) is 0 Å². The Labute approximate surface area is 160 Å². The molecular formula is C21H19F3N2O2. The lowest BCUT2D eigenvalue weighted by atomic mass is 10.1. The zero-order chi connectivity index (χ0) is 19.7. The molecule has 2 aromatic carbocycles. The molecule has 1 fully saturated rings. The highest BCUT2D eigenvalue weighted by Crippen LogP contribution is 2.32. The summed E-state index contributed by atoms with van der Waals surface area (Å²) < 4.78 is 44.4. The fourth-order valence-corrected chi connectivity index (χ4v) is 3.49. The van der Waals surface area contributed by atoms with Gasteiger partial charge in [-0.2, -0.15) is 13.2 Å². The van der Waals surface area contributed by atoms with Crippen LogP contribution in [0.4, 0.5) is 18.9 Å². The van der Waals surface area contributed by atoms with Crippen molar-refractivity contribution >= 4 is 17.7 Å². The fourth-order valence-electron chi connectivity index (χ4n) is 3.49. The van der Waals surface area contributed by atoms with Crippen LogP contribution >= 0.6 is 0 Å². The highest BCUT2D eigenvalue weighted by molar-refractivity contribution is 5.99. The first-order chi connectivity index (χ1) is 13.4. The Kier molecular flexibility index (Phi) is 4.75. The molecule has 146 valence electrons. The number of carbonyl (C=O) groups excluding carboxylic acids is 1. The van der Waals surface area contributed by atoms with E-state index in [-0.39, 0.29) is 12.5 Å². The second kappa shape index (κ2) is 7.22. The number of fused-ring (bicyclic) bond motifs is 1. The number of hydrogen-bond acceptors (Lipinski definition) is 3. The number of halogens is 3. The molecule has 0 unspecified atom stereocenters. The SMILES string of the molecule is O=C(C1=Cc2ccccc2OC1)N1CCN(c2cccc(C(F)(F)F)c2)CC1. The van der Waals surface area contributed by atoms with Gasteiger partial charge >= 0.3 is 6.18 Å². The van der Waals surface area contributed by atoms with Crippen molar-refractivity contribution in [3.8, 4) is 5.75 Å². The molecule has 0 bridgehead atoms. The number of alkyl halides is 3. The van der Waals surface area contributed by atoms with Gasteiger partial charge in [-0.3, -0.25) is 4.79 Å². The highest BCUT2D eigenvalue weighted by Gasteiger charge is 2.31. The number of carbonyl (C=O) groups is 1. The summed E-state index contributed by atoms with van der Waals surface area (Å²) in [4.78, 5) is 16.4. The van der Waals surface area contributed by atoms with Gasteiger partial charge in [0, 0.05) is 37.4 Å². The first-order valence-electron chi connectivity index (χ1n) is 9.06. The minimum atomic E-state index is -4.36. The quantitative estimate of drug-likeness (QED) is 0.784. The van der Waals surface area contributed by atoms with Gasteiger partial charge in [0.2, 0.25) is 0 Å². The third-order valence-corrected chi connectivity index (χ3v) is 5.01. The molecule has 1 amide bonds. The van der Waals surface area contributed by atoms with Crippen LogP contribution in [0.25, 0.3) is 6.08 Å². The minimum Gasteiger partial charge on any atom is -0.488 e. The summed E-state index contributed by atoms with van der Waals surface area (Å²) in [5.41, 5.74) is 1.33. The summed E-state index contributed by atoms with van der Waals surface area (Å²) in [7, 11) is 0. The van der Waals surface area contributed by atoms with E-state index in [0.717, 1.165) is 23.4 Å². The van der Waals surface area contributed by atoms with E-state index in [1.54, 1.807) is 11.0 Å². The molecule has 28 heavy (non-hydrogen) atoms. The standard InChI is InChI=1S/C21H19F3N2O2/c22-21(23,24)17-5-3-6-18(13-17)25-8-10-26(11-9-25)20(27)16-12-15-4-1-2-7-19(15)28-14-16/h1-7,12-13H,8-11,14H2. The van der Waals surface area contributed by atoms with Gasteiger partial charge in [0.1, 0.15) is 12.4 Å². The number of benzene rings is 2. The van der Waals surface area contributed by atoms with Crippen LogP contribution in [0.5, 0.6) is 5.75 Å². The number of ether oxygens (including phenoxy) is 1. The molecule has 2 aliphatic rings. The van der Waals surface area contributed by atoms with Crippen LogP contribution in [0.1, 0.15) is 11.1 Å². The molecular weight excluding hydrogens is 369 g/mol. The summed E-state index contributed by atoms with van der Waals surface area (Å²) in [6, 6.07) is 12.8. The predicted molar refractivity (Wildman–Crippen MR) is 100 cm³/mol. The van der Waals surface area contributed by atoms with Gasteiger partial charge in [-0.25, -0.2) is 0 Å². The van der Waals surface area contributed by atoms with E-state index in [2.05, 4.69) is 0 Å². The Morgan fingerprint density at radius 2 is 1.71 bits per heavy atom. The van der Waals surface area contributed by atoms with Crippen LogP contribution in [0.2, 0.25) is 0 Å². The smallest absolute Gasteiger partial charge is 0.416 e. The van der Waals surface area contributed by atoms with Crippen LogP contribution in [-0.2, 0) is 11.0 Å². The second-order valence-electron chi connectivity index (χ2n) is 6.82. The third kappa shape index (κ3) is 3.69. The molecule has 4 nitrogen and oxygen atoms in total. The highest BCUT2D eigenvalue weighted by atomic mass is 19.4. The first-order valence-corrected chi connectivity index (χ1v) is 9.06. The molecule has 2 aliphatic heterocycles. The first kappa shape index (κ1) is 18.4. The van der Waals surface area contributed by atoms with Crippen molar-refractivity contribution in [1.29, 1.82) is 0 Å². The van der Waals surface area contributed by atoms with Gasteiger partial charge in [0.05, 0.1) is 11.1 Å². The maximum atomic E-state index is 12.9. The second-order valence-corrected chi connectivity index (χ2v) is 6.82. The van der Waals surface area contributed by atoms with Gasteiger partial charge in [-0.05, 0) is 30.3 Å². The molecule has 0 aliphatic carbocycles. The summed E-state index contributed by atoms with van der Waals surface area (Å²) in [6.07, 6.45) is -2.52. The Balaban J connectivity index is 1.42. The van der Waals surface area contributed by atoms with E-state index in [1.807, 2.05) is 35.2 Å². The average Bonchev–Trinajstić information content (AvgIpc) is 2.72. The van der Waals surface area contributed by atoms with Crippen LogP contribution in [0.15, 0.2) is 54.1 Å². The maximum absolute atomic E-state index is 12.9. The molecule has 7 heteroatoms. The molecule has 0 saturated carbocycles. The Morgan fingerprint density at radius 1 is 0.964 bits per heavy atom. The van der Waals surface area contributed by atoms with Crippen molar-refractivity contribution in [2.45, 2.75) is 6.18 Å². The van der Waals surface area contributed by atoms with E-state index < -0.39 is 11.7 Å². The van der Waals surface area contributed by atoms with E-state index in [4.69, 9.17) is 4.74 Å². The van der Waals surface area contributed by atoms with E-state index in [1.165, 1.54) is 6.07 Å². The molecule has 1 saturated heterocycles. The summed E-state index contributed by atoms with van der Waals surface area (Å²) >= 11 is 0. The number of para-hydroxylation sites is 1. The van der Waals surface area contributed by atoms with E-state index >= 15 is 0 Å². The van der Waals surface area contributed by atoms with Crippen molar-refractivity contribution in [3.05, 3.63) is 65.2 Å². The predicted octanol–water partition coefficient (Wildman–Crippen LogP) is 3.83. The van der Waals surface area contributed by atoms with Crippen molar-refractivity contribution < 1.29 is 22.7 Å². The van der Waals surface area contributed by atoms with E-state index in [9.17, 15) is 18.0 Å². The molecule has 0 spiro atoms. The lowest BCUT2D eigenvalue weighted by Gasteiger charge is -2.37. The Morgan fingerprint density at radius 3 is 2.46 bits per heavy atom. The average molecular weight is 388 g/mol. The molecule has 2 aromatic rings. The maximum Gasteiger partial charge on any atom is 0.416 e. The minimum absolute atomic E-state index is 0.0850. The Bertz CT molecular complexity index is 916. The molecule has 0 atom stereocenters. The number of piperazine rings is 1. The zero-order valence-electron chi connectivity index (χ0n) is 15.1. The van der Waals surface area contributed by atoms with Crippen LogP contribution in [0.3, 0.4) is 0 Å².